The number of nitrogens with one attached hydrogen (secondary N) is 4. The SMILES string of the molecule is O=C(NNc1ccncc1)NNc1ccncc1. The lowest BCUT2D eigenvalue weighted by atomic mass is 10.4. The van der Waals surface area contributed by atoms with E-state index < -0.39 is 6.03 Å². The zero-order valence-electron chi connectivity index (χ0n) is 9.42. The molecule has 0 aliphatic heterocycles. The number of urea groups is 1. The number of nitrogens with zero attached hydrogens (tertiary/aromatic N) is 2. The molecule has 0 bridgehead atoms. The van der Waals surface area contributed by atoms with Crippen LogP contribution < -0.4 is 21.7 Å². The first-order valence-electron chi connectivity index (χ1n) is 5.22. The molecule has 0 unspecified atom stereocenters. The van der Waals surface area contributed by atoms with E-state index in [0.717, 1.165) is 11.4 Å². The lowest BCUT2D eigenvalue weighted by molar-refractivity contribution is 0.244. The zero-order chi connectivity index (χ0) is 12.6. The minimum absolute atomic E-state index is 0.413. The molecule has 0 spiro atoms. The van der Waals surface area contributed by atoms with Crippen molar-refractivity contribution in [2.24, 2.45) is 0 Å². The third-order valence-electron chi connectivity index (χ3n) is 2.00. The van der Waals surface area contributed by atoms with Crippen molar-refractivity contribution >= 4 is 17.4 Å². The van der Waals surface area contributed by atoms with Gasteiger partial charge in [0.25, 0.3) is 0 Å². The van der Waals surface area contributed by atoms with Crippen molar-refractivity contribution < 1.29 is 4.79 Å². The summed E-state index contributed by atoms with van der Waals surface area (Å²) in [6.07, 6.45) is 6.49. The van der Waals surface area contributed by atoms with Crippen LogP contribution in [-0.4, -0.2) is 16.0 Å². The summed E-state index contributed by atoms with van der Waals surface area (Å²) in [5, 5.41) is 0. The molecule has 0 saturated heterocycles. The van der Waals surface area contributed by atoms with Crippen LogP contribution in [0.3, 0.4) is 0 Å². The van der Waals surface area contributed by atoms with Gasteiger partial charge >= 0.3 is 6.03 Å². The Hall–Kier alpha value is -2.83. The number of carbonyl (C=O) groups excluding carboxylic acids is 1. The summed E-state index contributed by atoms with van der Waals surface area (Å²) in [6, 6.07) is 6.52. The van der Waals surface area contributed by atoms with Gasteiger partial charge in [0.1, 0.15) is 0 Å². The van der Waals surface area contributed by atoms with Gasteiger partial charge in [-0.3, -0.25) is 31.7 Å². The number of amides is 2. The number of aromatic nitrogens is 2. The highest BCUT2D eigenvalue weighted by Crippen LogP contribution is 2.01. The van der Waals surface area contributed by atoms with Crippen LogP contribution in [0.25, 0.3) is 0 Å². The van der Waals surface area contributed by atoms with E-state index in [2.05, 4.69) is 31.7 Å². The molecule has 0 saturated carbocycles. The number of anilines is 2. The van der Waals surface area contributed by atoms with Crippen molar-refractivity contribution in [1.82, 2.24) is 20.8 Å². The fourth-order valence-corrected chi connectivity index (χ4v) is 1.16. The van der Waals surface area contributed by atoms with Crippen molar-refractivity contribution in [2.45, 2.75) is 0 Å². The van der Waals surface area contributed by atoms with Gasteiger partial charge in [0, 0.05) is 24.8 Å². The zero-order valence-corrected chi connectivity index (χ0v) is 9.42. The molecule has 4 N–H and O–H groups in total. The molecular formula is C11H12N6O. The molecule has 7 nitrogen and oxygen atoms in total. The molecule has 18 heavy (non-hydrogen) atoms. The fourth-order valence-electron chi connectivity index (χ4n) is 1.16. The predicted molar refractivity (Wildman–Crippen MR) is 67.4 cm³/mol. The minimum atomic E-state index is -0.413. The molecule has 2 rings (SSSR count). The number of carbonyl (C=O) groups is 1. The molecular weight excluding hydrogens is 232 g/mol. The maximum Gasteiger partial charge on any atom is 0.352 e. The number of pyridine rings is 2. The Kier molecular flexibility index (Phi) is 3.91. The Morgan fingerprint density at radius 2 is 1.17 bits per heavy atom. The van der Waals surface area contributed by atoms with E-state index in [1.54, 1.807) is 49.1 Å². The van der Waals surface area contributed by atoms with Crippen LogP contribution >= 0.6 is 0 Å². The van der Waals surface area contributed by atoms with Crippen LogP contribution in [0.4, 0.5) is 16.2 Å². The number of hydrazine groups is 2. The Bertz CT molecular complexity index is 444. The summed E-state index contributed by atoms with van der Waals surface area (Å²) in [5.74, 6) is 0. The molecule has 0 atom stereocenters. The molecule has 2 aromatic rings. The Morgan fingerprint density at radius 1 is 0.778 bits per heavy atom. The van der Waals surface area contributed by atoms with E-state index in [1.807, 2.05) is 0 Å². The van der Waals surface area contributed by atoms with Crippen molar-refractivity contribution in [1.29, 1.82) is 0 Å². The van der Waals surface area contributed by atoms with E-state index in [1.165, 1.54) is 0 Å². The molecule has 2 aromatic heterocycles. The monoisotopic (exact) mass is 244 g/mol. The molecule has 0 fully saturated rings. The quantitative estimate of drug-likeness (QED) is 0.605. The van der Waals surface area contributed by atoms with Gasteiger partial charge in [-0.1, -0.05) is 0 Å². The van der Waals surface area contributed by atoms with Crippen molar-refractivity contribution in [3.05, 3.63) is 49.1 Å². The highest BCUT2D eigenvalue weighted by molar-refractivity contribution is 5.76. The molecule has 0 aliphatic rings. The van der Waals surface area contributed by atoms with Gasteiger partial charge in [-0.25, -0.2) is 4.79 Å². The van der Waals surface area contributed by atoms with Crippen molar-refractivity contribution in [3.63, 3.8) is 0 Å². The fraction of sp³-hybridized carbons (Fsp3) is 0. The molecule has 92 valence electrons. The molecule has 0 aliphatic carbocycles. The maximum atomic E-state index is 11.4. The topological polar surface area (TPSA) is 91.0 Å². The highest BCUT2D eigenvalue weighted by Gasteiger charge is 1.98. The van der Waals surface area contributed by atoms with Crippen LogP contribution in [0.2, 0.25) is 0 Å². The first-order chi connectivity index (χ1) is 8.84. The smallest absolute Gasteiger partial charge is 0.297 e. The van der Waals surface area contributed by atoms with Gasteiger partial charge in [0.15, 0.2) is 0 Å². The molecule has 0 aromatic carbocycles. The van der Waals surface area contributed by atoms with Gasteiger partial charge in [0.05, 0.1) is 11.4 Å². The van der Waals surface area contributed by atoms with E-state index in [9.17, 15) is 4.79 Å². The predicted octanol–water partition coefficient (Wildman–Crippen LogP) is 1.13. The van der Waals surface area contributed by atoms with Crippen LogP contribution in [0, 0.1) is 0 Å². The number of hydrogen-bond donors (Lipinski definition) is 4. The lowest BCUT2D eigenvalue weighted by Crippen LogP contribution is -2.41. The van der Waals surface area contributed by atoms with Gasteiger partial charge in [-0.15, -0.1) is 0 Å². The third kappa shape index (κ3) is 3.63. The summed E-state index contributed by atoms with van der Waals surface area (Å²) in [5.41, 5.74) is 11.9. The Labute approximate surface area is 104 Å². The Balaban J connectivity index is 1.73. The maximum absolute atomic E-state index is 11.4. The first kappa shape index (κ1) is 11.6. The summed E-state index contributed by atoms with van der Waals surface area (Å²) in [7, 11) is 0. The van der Waals surface area contributed by atoms with E-state index >= 15 is 0 Å². The van der Waals surface area contributed by atoms with Crippen LogP contribution in [0.5, 0.6) is 0 Å². The molecule has 7 heteroatoms. The second-order valence-electron chi connectivity index (χ2n) is 3.30. The van der Waals surface area contributed by atoms with Gasteiger partial charge in [-0.2, -0.15) is 0 Å². The number of rotatable bonds is 4. The summed E-state index contributed by atoms with van der Waals surface area (Å²) in [6.45, 7) is 0. The van der Waals surface area contributed by atoms with Crippen LogP contribution in [0.15, 0.2) is 49.1 Å². The van der Waals surface area contributed by atoms with Gasteiger partial charge in [-0.05, 0) is 24.3 Å². The third-order valence-corrected chi connectivity index (χ3v) is 2.00. The second kappa shape index (κ2) is 6.04. The average molecular weight is 244 g/mol. The highest BCUT2D eigenvalue weighted by atomic mass is 16.2. The van der Waals surface area contributed by atoms with Crippen molar-refractivity contribution in [2.75, 3.05) is 10.9 Å². The van der Waals surface area contributed by atoms with E-state index in [0.29, 0.717) is 0 Å². The lowest BCUT2D eigenvalue weighted by Gasteiger charge is -2.10. The molecule has 2 heterocycles. The minimum Gasteiger partial charge on any atom is -0.297 e. The summed E-state index contributed by atoms with van der Waals surface area (Å²) < 4.78 is 0. The van der Waals surface area contributed by atoms with E-state index in [-0.39, 0.29) is 0 Å². The molecule has 0 radical (unpaired) electrons. The van der Waals surface area contributed by atoms with Crippen molar-refractivity contribution in [3.8, 4) is 0 Å². The molecule has 2 amide bonds. The van der Waals surface area contributed by atoms with Crippen LogP contribution in [0.1, 0.15) is 0 Å². The van der Waals surface area contributed by atoms with Crippen LogP contribution in [-0.2, 0) is 0 Å². The Morgan fingerprint density at radius 3 is 1.56 bits per heavy atom. The first-order valence-corrected chi connectivity index (χ1v) is 5.22. The largest absolute Gasteiger partial charge is 0.352 e. The van der Waals surface area contributed by atoms with Gasteiger partial charge in [0.2, 0.25) is 0 Å². The second-order valence-corrected chi connectivity index (χ2v) is 3.30. The van der Waals surface area contributed by atoms with Gasteiger partial charge < -0.3 is 0 Å². The average Bonchev–Trinajstić information content (AvgIpc) is 2.45. The summed E-state index contributed by atoms with van der Waals surface area (Å²) >= 11 is 0. The normalized spacial score (nSPS) is 9.33. The standard InChI is InChI=1S/C11H12N6O/c18-11(16-14-9-1-5-12-6-2-9)17-15-10-3-7-13-8-4-10/h1-8H,(H,12,14)(H,13,15)(H2,16,17,18). The van der Waals surface area contributed by atoms with E-state index in [4.69, 9.17) is 0 Å². The number of hydrogen-bond acceptors (Lipinski definition) is 5. The summed E-state index contributed by atoms with van der Waals surface area (Å²) in [4.78, 5) is 19.1.